The molecule has 0 spiro atoms. The van der Waals surface area contributed by atoms with E-state index in [0.717, 1.165) is 5.56 Å². The maximum absolute atomic E-state index is 11.9. The topological polar surface area (TPSA) is 65.1 Å². The first-order valence-corrected chi connectivity index (χ1v) is 8.04. The maximum Gasteiger partial charge on any atom is 0.290 e. The summed E-state index contributed by atoms with van der Waals surface area (Å²) in [5, 5.41) is 6.85. The zero-order valence-electron chi connectivity index (χ0n) is 13.9. The first-order valence-electron chi connectivity index (χ1n) is 8.04. The fraction of sp³-hybridized carbons (Fsp3) is 0.471. The molecule has 1 amide bonds. The summed E-state index contributed by atoms with van der Waals surface area (Å²) in [7, 11) is 3.39. The highest BCUT2D eigenvalue weighted by molar-refractivity contribution is 5.90. The molecule has 2 heterocycles. The van der Waals surface area contributed by atoms with E-state index in [4.69, 9.17) is 0 Å². The summed E-state index contributed by atoms with van der Waals surface area (Å²) in [6, 6.07) is 8.73. The highest BCUT2D eigenvalue weighted by Gasteiger charge is 2.20. The van der Waals surface area contributed by atoms with Crippen molar-refractivity contribution < 1.29 is 4.79 Å². The first kappa shape index (κ1) is 15.7. The standard InChI is InChI=1S/C17H23N5O/c1-12(22-10-4-5-11-22)13-6-8-14(9-7-13)15-18-16(20-19-15)17(23)21(2)3/h6-9,12H,4-5,10-11H2,1-3H3,(H,18,19,20). The molecule has 1 aromatic carbocycles. The molecule has 2 aromatic rings. The Morgan fingerprint density at radius 3 is 2.48 bits per heavy atom. The molecule has 1 aromatic heterocycles. The average Bonchev–Trinajstić information content (AvgIpc) is 3.25. The summed E-state index contributed by atoms with van der Waals surface area (Å²) in [5.74, 6) is 0.637. The minimum Gasteiger partial charge on any atom is -0.342 e. The number of rotatable bonds is 4. The largest absolute Gasteiger partial charge is 0.342 e. The fourth-order valence-corrected chi connectivity index (χ4v) is 2.95. The summed E-state index contributed by atoms with van der Waals surface area (Å²) >= 11 is 0. The lowest BCUT2D eigenvalue weighted by Crippen LogP contribution is -2.23. The lowest BCUT2D eigenvalue weighted by atomic mass is 10.0. The van der Waals surface area contributed by atoms with Crippen LogP contribution >= 0.6 is 0 Å². The number of carbonyl (C=O) groups excluding carboxylic acids is 1. The van der Waals surface area contributed by atoms with Gasteiger partial charge in [0.1, 0.15) is 0 Å². The maximum atomic E-state index is 11.9. The molecule has 0 saturated carbocycles. The Kier molecular flexibility index (Phi) is 4.43. The van der Waals surface area contributed by atoms with Crippen LogP contribution in [0.2, 0.25) is 0 Å². The average molecular weight is 313 g/mol. The third-order valence-corrected chi connectivity index (χ3v) is 4.43. The Bertz CT molecular complexity index is 671. The van der Waals surface area contributed by atoms with Gasteiger partial charge in [0.2, 0.25) is 5.82 Å². The molecule has 0 radical (unpaired) electrons. The Hall–Kier alpha value is -2.21. The van der Waals surface area contributed by atoms with Crippen molar-refractivity contribution in [1.82, 2.24) is 25.0 Å². The van der Waals surface area contributed by atoms with Crippen LogP contribution in [0, 0.1) is 0 Å². The van der Waals surface area contributed by atoms with Gasteiger partial charge in [0, 0.05) is 25.7 Å². The molecule has 0 aliphatic carbocycles. The van der Waals surface area contributed by atoms with Gasteiger partial charge in [-0.15, -0.1) is 0 Å². The van der Waals surface area contributed by atoms with Gasteiger partial charge in [-0.1, -0.05) is 24.3 Å². The van der Waals surface area contributed by atoms with Crippen molar-refractivity contribution in [3.63, 3.8) is 0 Å². The van der Waals surface area contributed by atoms with E-state index in [2.05, 4.69) is 39.1 Å². The van der Waals surface area contributed by atoms with E-state index < -0.39 is 0 Å². The Labute approximate surface area is 136 Å². The van der Waals surface area contributed by atoms with Crippen LogP contribution in [0.1, 0.15) is 42.0 Å². The van der Waals surface area contributed by atoms with Crippen molar-refractivity contribution in [2.45, 2.75) is 25.8 Å². The molecular weight excluding hydrogens is 290 g/mol. The van der Waals surface area contributed by atoms with Gasteiger partial charge in [0.15, 0.2) is 5.82 Å². The molecule has 3 rings (SSSR count). The monoisotopic (exact) mass is 313 g/mol. The van der Waals surface area contributed by atoms with E-state index in [0.29, 0.717) is 11.9 Å². The third-order valence-electron chi connectivity index (χ3n) is 4.43. The quantitative estimate of drug-likeness (QED) is 0.941. The van der Waals surface area contributed by atoms with E-state index in [1.807, 2.05) is 12.1 Å². The first-order chi connectivity index (χ1) is 11.1. The summed E-state index contributed by atoms with van der Waals surface area (Å²) < 4.78 is 0. The molecule has 6 nitrogen and oxygen atoms in total. The summed E-state index contributed by atoms with van der Waals surface area (Å²) in [5.41, 5.74) is 2.22. The molecule has 1 saturated heterocycles. The molecule has 122 valence electrons. The Morgan fingerprint density at radius 1 is 1.22 bits per heavy atom. The van der Waals surface area contributed by atoms with Crippen LogP contribution in [-0.2, 0) is 0 Å². The van der Waals surface area contributed by atoms with Gasteiger partial charge < -0.3 is 4.90 Å². The number of nitrogens with zero attached hydrogens (tertiary/aromatic N) is 4. The summed E-state index contributed by atoms with van der Waals surface area (Å²) in [6.45, 7) is 4.61. The van der Waals surface area contributed by atoms with Gasteiger partial charge >= 0.3 is 0 Å². The highest BCUT2D eigenvalue weighted by atomic mass is 16.2. The molecule has 1 atom stereocenters. The molecule has 1 fully saturated rings. The Morgan fingerprint density at radius 2 is 1.87 bits per heavy atom. The van der Waals surface area contributed by atoms with Gasteiger partial charge in [0.05, 0.1) is 0 Å². The Balaban J connectivity index is 1.75. The minimum absolute atomic E-state index is 0.178. The lowest BCUT2D eigenvalue weighted by molar-refractivity contribution is 0.0816. The number of likely N-dealkylation sites (tertiary alicyclic amines) is 1. The SMILES string of the molecule is CC(c1ccc(-c2n[nH]c(C(=O)N(C)C)n2)cc1)N1CCCC1. The van der Waals surface area contributed by atoms with E-state index >= 15 is 0 Å². The molecule has 1 unspecified atom stereocenters. The van der Waals surface area contributed by atoms with Crippen LogP contribution in [0.3, 0.4) is 0 Å². The highest BCUT2D eigenvalue weighted by Crippen LogP contribution is 2.26. The number of aromatic amines is 1. The van der Waals surface area contributed by atoms with Crippen molar-refractivity contribution in [1.29, 1.82) is 0 Å². The van der Waals surface area contributed by atoms with Crippen LogP contribution in [-0.4, -0.2) is 58.1 Å². The van der Waals surface area contributed by atoms with Gasteiger partial charge in [0.25, 0.3) is 5.91 Å². The zero-order chi connectivity index (χ0) is 16.4. The second-order valence-corrected chi connectivity index (χ2v) is 6.25. The van der Waals surface area contributed by atoms with Gasteiger partial charge in [-0.2, -0.15) is 5.10 Å². The summed E-state index contributed by atoms with van der Waals surface area (Å²) in [6.07, 6.45) is 2.59. The molecule has 1 N–H and O–H groups in total. The van der Waals surface area contributed by atoms with E-state index in [9.17, 15) is 4.79 Å². The van der Waals surface area contributed by atoms with Gasteiger partial charge in [-0.05, 0) is 38.4 Å². The van der Waals surface area contributed by atoms with Crippen LogP contribution in [0.4, 0.5) is 0 Å². The van der Waals surface area contributed by atoms with Crippen molar-refractivity contribution in [3.05, 3.63) is 35.7 Å². The number of hydrogen-bond donors (Lipinski definition) is 1. The van der Waals surface area contributed by atoms with E-state index in [1.165, 1.54) is 36.4 Å². The minimum atomic E-state index is -0.178. The van der Waals surface area contributed by atoms with E-state index in [-0.39, 0.29) is 11.7 Å². The lowest BCUT2D eigenvalue weighted by Gasteiger charge is -2.24. The second kappa shape index (κ2) is 6.50. The predicted octanol–water partition coefficient (Wildman–Crippen LogP) is 2.33. The number of benzene rings is 1. The van der Waals surface area contributed by atoms with E-state index in [1.54, 1.807) is 14.1 Å². The fourth-order valence-electron chi connectivity index (χ4n) is 2.95. The molecule has 1 aliphatic rings. The van der Waals surface area contributed by atoms with Crippen LogP contribution in [0.5, 0.6) is 0 Å². The van der Waals surface area contributed by atoms with Crippen molar-refractivity contribution >= 4 is 5.91 Å². The smallest absolute Gasteiger partial charge is 0.290 e. The number of aromatic nitrogens is 3. The molecule has 1 aliphatic heterocycles. The number of carbonyl (C=O) groups is 1. The second-order valence-electron chi connectivity index (χ2n) is 6.25. The van der Waals surface area contributed by atoms with Crippen molar-refractivity contribution in [3.8, 4) is 11.4 Å². The molecule has 23 heavy (non-hydrogen) atoms. The normalized spacial score (nSPS) is 16.5. The van der Waals surface area contributed by atoms with Crippen LogP contribution < -0.4 is 0 Å². The van der Waals surface area contributed by atoms with Crippen molar-refractivity contribution in [2.75, 3.05) is 27.2 Å². The predicted molar refractivity (Wildman–Crippen MR) is 89.1 cm³/mol. The summed E-state index contributed by atoms with van der Waals surface area (Å²) in [4.78, 5) is 20.1. The number of nitrogens with one attached hydrogen (secondary N) is 1. The zero-order valence-corrected chi connectivity index (χ0v) is 13.9. The number of H-pyrrole nitrogens is 1. The molecule has 6 heteroatoms. The number of hydrogen-bond acceptors (Lipinski definition) is 4. The number of amides is 1. The third kappa shape index (κ3) is 3.27. The van der Waals surface area contributed by atoms with Crippen LogP contribution in [0.25, 0.3) is 11.4 Å². The van der Waals surface area contributed by atoms with Crippen molar-refractivity contribution in [2.24, 2.45) is 0 Å². The van der Waals surface area contributed by atoms with Crippen LogP contribution in [0.15, 0.2) is 24.3 Å². The molecular formula is C17H23N5O. The van der Waals surface area contributed by atoms with Gasteiger partial charge in [-0.3, -0.25) is 14.8 Å². The molecule has 0 bridgehead atoms. The van der Waals surface area contributed by atoms with Gasteiger partial charge in [-0.25, -0.2) is 4.98 Å².